The van der Waals surface area contributed by atoms with Crippen LogP contribution in [0, 0.1) is 5.92 Å². The molecule has 2 aromatic rings. The molecule has 8 nitrogen and oxygen atoms in total. The molecule has 1 atom stereocenters. The van der Waals surface area contributed by atoms with Gasteiger partial charge in [-0.1, -0.05) is 6.07 Å². The summed E-state index contributed by atoms with van der Waals surface area (Å²) in [5.41, 5.74) is 1.55. The van der Waals surface area contributed by atoms with Crippen molar-refractivity contribution in [2.45, 2.75) is 19.4 Å². The van der Waals surface area contributed by atoms with Gasteiger partial charge in [-0.2, -0.15) is 5.10 Å². The Kier molecular flexibility index (Phi) is 6.18. The summed E-state index contributed by atoms with van der Waals surface area (Å²) in [5, 5.41) is 7.08. The summed E-state index contributed by atoms with van der Waals surface area (Å²) in [5.74, 6) is 1.17. The van der Waals surface area contributed by atoms with Gasteiger partial charge in [0.25, 0.3) is 5.56 Å². The smallest absolute Gasteiger partial charge is 0.268 e. The van der Waals surface area contributed by atoms with Gasteiger partial charge in [0.05, 0.1) is 32.0 Å². The number of carbonyl (C=O) groups is 1. The van der Waals surface area contributed by atoms with Crippen LogP contribution in [0.5, 0.6) is 11.5 Å². The number of ether oxygens (including phenoxy) is 2. The number of aryl methyl sites for hydroxylation is 1. The Morgan fingerprint density at radius 3 is 2.75 bits per heavy atom. The summed E-state index contributed by atoms with van der Waals surface area (Å²) in [6.07, 6.45) is 3.39. The van der Waals surface area contributed by atoms with Gasteiger partial charge in [0.1, 0.15) is 0 Å². The molecule has 0 saturated carbocycles. The van der Waals surface area contributed by atoms with E-state index in [1.54, 1.807) is 33.5 Å². The van der Waals surface area contributed by atoms with E-state index in [0.717, 1.165) is 30.6 Å². The van der Waals surface area contributed by atoms with Gasteiger partial charge in [0, 0.05) is 32.7 Å². The highest BCUT2D eigenvalue weighted by atomic mass is 16.5. The normalized spacial score (nSPS) is 16.5. The van der Waals surface area contributed by atoms with Crippen molar-refractivity contribution < 1.29 is 14.3 Å². The zero-order chi connectivity index (χ0) is 20.1. The highest BCUT2D eigenvalue weighted by molar-refractivity contribution is 5.79. The van der Waals surface area contributed by atoms with Gasteiger partial charge in [-0.25, -0.2) is 4.68 Å². The first kappa shape index (κ1) is 19.7. The van der Waals surface area contributed by atoms with Crippen LogP contribution < -0.4 is 25.2 Å². The predicted molar refractivity (Wildman–Crippen MR) is 106 cm³/mol. The second-order valence-electron chi connectivity index (χ2n) is 6.87. The number of benzene rings is 1. The molecule has 1 fully saturated rings. The van der Waals surface area contributed by atoms with Crippen molar-refractivity contribution in [3.8, 4) is 11.5 Å². The Hall–Kier alpha value is -3.03. The lowest BCUT2D eigenvalue weighted by Crippen LogP contribution is -2.43. The molecule has 28 heavy (non-hydrogen) atoms. The quantitative estimate of drug-likeness (QED) is 0.806. The van der Waals surface area contributed by atoms with Crippen molar-refractivity contribution in [2.75, 3.05) is 32.2 Å². The van der Waals surface area contributed by atoms with Gasteiger partial charge in [-0.05, 0) is 30.5 Å². The van der Waals surface area contributed by atoms with Crippen molar-refractivity contribution in [1.29, 1.82) is 0 Å². The van der Waals surface area contributed by atoms with Crippen LogP contribution in [0.1, 0.15) is 18.4 Å². The number of anilines is 1. The molecule has 1 aromatic heterocycles. The van der Waals surface area contributed by atoms with Crippen LogP contribution >= 0.6 is 0 Å². The molecule has 1 N–H and O–H groups in total. The number of amides is 1. The van der Waals surface area contributed by atoms with E-state index in [2.05, 4.69) is 15.3 Å². The maximum atomic E-state index is 12.7. The average molecular weight is 386 g/mol. The van der Waals surface area contributed by atoms with Crippen LogP contribution in [0.3, 0.4) is 0 Å². The van der Waals surface area contributed by atoms with Crippen molar-refractivity contribution in [1.82, 2.24) is 15.1 Å². The van der Waals surface area contributed by atoms with Crippen molar-refractivity contribution in [2.24, 2.45) is 13.0 Å². The number of aromatic nitrogens is 2. The lowest BCUT2D eigenvalue weighted by molar-refractivity contribution is -0.125. The second kappa shape index (κ2) is 8.77. The summed E-state index contributed by atoms with van der Waals surface area (Å²) in [6.45, 7) is 1.81. The minimum absolute atomic E-state index is 0.0104. The van der Waals surface area contributed by atoms with E-state index in [1.165, 1.54) is 4.68 Å². The van der Waals surface area contributed by atoms with Gasteiger partial charge in [0.2, 0.25) is 5.91 Å². The lowest BCUT2D eigenvalue weighted by Gasteiger charge is -2.33. The maximum Gasteiger partial charge on any atom is 0.268 e. The van der Waals surface area contributed by atoms with Crippen LogP contribution in [-0.4, -0.2) is 43.0 Å². The molecule has 0 unspecified atom stereocenters. The number of rotatable bonds is 6. The van der Waals surface area contributed by atoms with E-state index in [-0.39, 0.29) is 17.4 Å². The molecule has 150 valence electrons. The van der Waals surface area contributed by atoms with Gasteiger partial charge in [-0.3, -0.25) is 9.59 Å². The van der Waals surface area contributed by atoms with E-state index in [4.69, 9.17) is 9.47 Å². The highest BCUT2D eigenvalue weighted by Gasteiger charge is 2.26. The Labute approximate surface area is 164 Å². The molecule has 0 radical (unpaired) electrons. The second-order valence-corrected chi connectivity index (χ2v) is 6.87. The number of hydrogen-bond acceptors (Lipinski definition) is 6. The molecule has 3 rings (SSSR count). The molecule has 0 spiro atoms. The van der Waals surface area contributed by atoms with Crippen LogP contribution in [0.4, 0.5) is 5.69 Å². The molecule has 2 heterocycles. The number of methoxy groups -OCH3 is 2. The molecular weight excluding hydrogens is 360 g/mol. The minimum atomic E-state index is -0.155. The number of nitrogens with one attached hydrogen (secondary N) is 1. The lowest BCUT2D eigenvalue weighted by atomic mass is 9.96. The molecule has 1 aliphatic heterocycles. The topological polar surface area (TPSA) is 85.7 Å². The summed E-state index contributed by atoms with van der Waals surface area (Å²) in [4.78, 5) is 26.6. The molecule has 0 aliphatic carbocycles. The number of hydrogen-bond donors (Lipinski definition) is 1. The third-order valence-corrected chi connectivity index (χ3v) is 5.03. The number of carbonyl (C=O) groups excluding carboxylic acids is 1. The third kappa shape index (κ3) is 4.44. The zero-order valence-corrected chi connectivity index (χ0v) is 16.5. The van der Waals surface area contributed by atoms with Crippen LogP contribution in [-0.2, 0) is 18.4 Å². The first-order chi connectivity index (χ1) is 13.5. The third-order valence-electron chi connectivity index (χ3n) is 5.03. The fourth-order valence-electron chi connectivity index (χ4n) is 3.38. The van der Waals surface area contributed by atoms with E-state index in [1.807, 2.05) is 18.2 Å². The minimum Gasteiger partial charge on any atom is -0.493 e. The molecule has 1 amide bonds. The average Bonchev–Trinajstić information content (AvgIpc) is 2.73. The molecule has 8 heteroatoms. The van der Waals surface area contributed by atoms with E-state index < -0.39 is 0 Å². The van der Waals surface area contributed by atoms with Crippen molar-refractivity contribution in [3.05, 3.63) is 46.4 Å². The fraction of sp³-hybridized carbons (Fsp3) is 0.450. The number of piperidine rings is 1. The summed E-state index contributed by atoms with van der Waals surface area (Å²) >= 11 is 0. The summed E-state index contributed by atoms with van der Waals surface area (Å²) < 4.78 is 11.8. The predicted octanol–water partition coefficient (Wildman–Crippen LogP) is 1.33. The molecule has 1 aliphatic rings. The zero-order valence-electron chi connectivity index (χ0n) is 16.5. The van der Waals surface area contributed by atoms with Gasteiger partial charge in [-0.15, -0.1) is 0 Å². The Bertz CT molecular complexity index is 896. The van der Waals surface area contributed by atoms with Crippen LogP contribution in [0.2, 0.25) is 0 Å². The van der Waals surface area contributed by atoms with E-state index in [0.29, 0.717) is 24.6 Å². The van der Waals surface area contributed by atoms with E-state index in [9.17, 15) is 9.59 Å². The first-order valence-electron chi connectivity index (χ1n) is 9.28. The highest BCUT2D eigenvalue weighted by Crippen LogP contribution is 2.27. The molecule has 1 aromatic carbocycles. The molecule has 1 saturated heterocycles. The van der Waals surface area contributed by atoms with Crippen LogP contribution in [0.15, 0.2) is 35.3 Å². The SMILES string of the molecule is COc1ccc(CNC(=O)[C@@H]2CCCN(c3cnn(C)c(=O)c3)C2)cc1OC. The first-order valence-corrected chi connectivity index (χ1v) is 9.28. The largest absolute Gasteiger partial charge is 0.493 e. The van der Waals surface area contributed by atoms with Crippen molar-refractivity contribution in [3.63, 3.8) is 0 Å². The Morgan fingerprint density at radius 2 is 2.04 bits per heavy atom. The van der Waals surface area contributed by atoms with Gasteiger partial charge in [0.15, 0.2) is 11.5 Å². The standard InChI is InChI=1S/C20H26N4O4/c1-23-19(25)10-16(12-22-23)24-8-4-5-15(13-24)20(26)21-11-14-6-7-17(27-2)18(9-14)28-3/h6-7,9-10,12,15H,4-5,8,11,13H2,1-3H3,(H,21,26)/t15-/m1/s1. The van der Waals surface area contributed by atoms with Crippen molar-refractivity contribution >= 4 is 11.6 Å². The Balaban J connectivity index is 1.61. The van der Waals surface area contributed by atoms with E-state index >= 15 is 0 Å². The van der Waals surface area contributed by atoms with Gasteiger partial charge < -0.3 is 19.7 Å². The Morgan fingerprint density at radius 1 is 1.25 bits per heavy atom. The van der Waals surface area contributed by atoms with Gasteiger partial charge >= 0.3 is 0 Å². The summed E-state index contributed by atoms with van der Waals surface area (Å²) in [7, 11) is 4.79. The fourth-order valence-corrected chi connectivity index (χ4v) is 3.38. The maximum absolute atomic E-state index is 12.7. The summed E-state index contributed by atoms with van der Waals surface area (Å²) in [6, 6.07) is 7.15. The number of nitrogens with zero attached hydrogens (tertiary/aromatic N) is 3. The molecular formula is C20H26N4O4. The van der Waals surface area contributed by atoms with Crippen LogP contribution in [0.25, 0.3) is 0 Å². The monoisotopic (exact) mass is 386 g/mol. The molecule has 0 bridgehead atoms.